The first-order valence-electron chi connectivity index (χ1n) is 6.11. The van der Waals surface area contributed by atoms with Crippen LogP contribution in [-0.4, -0.2) is 27.2 Å². The number of nitrogens with one attached hydrogen (secondary N) is 1. The average Bonchev–Trinajstić information content (AvgIpc) is 2.89. The zero-order valence-corrected chi connectivity index (χ0v) is 12.8. The quantitative estimate of drug-likeness (QED) is 0.852. The van der Waals surface area contributed by atoms with Crippen LogP contribution in [0.4, 0.5) is 5.69 Å². The van der Waals surface area contributed by atoms with Gasteiger partial charge in [-0.2, -0.15) is 0 Å². The van der Waals surface area contributed by atoms with E-state index in [2.05, 4.69) is 26.7 Å². The summed E-state index contributed by atoms with van der Waals surface area (Å²) in [6, 6.07) is 5.11. The topological polar surface area (TPSA) is 75.1 Å². The second-order valence-electron chi connectivity index (χ2n) is 4.11. The van der Waals surface area contributed by atoms with Gasteiger partial charge < -0.3 is 10.4 Å². The van der Waals surface area contributed by atoms with Crippen LogP contribution < -0.4 is 5.32 Å². The number of carbonyl (C=O) groups excluding carboxylic acids is 1. The number of anilines is 1. The summed E-state index contributed by atoms with van der Waals surface area (Å²) in [6.45, 7) is 1.73. The highest BCUT2D eigenvalue weighted by Gasteiger charge is 2.14. The molecule has 0 aliphatic rings. The minimum Gasteiger partial charge on any atom is -0.395 e. The highest BCUT2D eigenvalue weighted by atomic mass is 35.5. The van der Waals surface area contributed by atoms with Crippen molar-refractivity contribution in [1.82, 2.24) is 9.59 Å². The van der Waals surface area contributed by atoms with Crippen molar-refractivity contribution in [3.8, 4) is 11.8 Å². The summed E-state index contributed by atoms with van der Waals surface area (Å²) in [7, 11) is 0. The molecule has 0 fully saturated rings. The molecule has 21 heavy (non-hydrogen) atoms. The van der Waals surface area contributed by atoms with Crippen LogP contribution in [0.5, 0.6) is 0 Å². The van der Waals surface area contributed by atoms with Gasteiger partial charge in [-0.05, 0) is 36.7 Å². The van der Waals surface area contributed by atoms with Gasteiger partial charge in [0.2, 0.25) is 0 Å². The SMILES string of the molecule is Cc1nnsc1C(=O)Nc1cc(C#CCCO)ccc1Cl. The largest absolute Gasteiger partial charge is 0.395 e. The van der Waals surface area contributed by atoms with Crippen LogP contribution in [0.15, 0.2) is 18.2 Å². The lowest BCUT2D eigenvalue weighted by Gasteiger charge is -2.06. The summed E-state index contributed by atoms with van der Waals surface area (Å²) in [5.74, 6) is 5.40. The number of aryl methyl sites for hydroxylation is 1. The van der Waals surface area contributed by atoms with E-state index in [1.165, 1.54) is 0 Å². The molecule has 1 aromatic heterocycles. The first kappa shape index (κ1) is 15.4. The van der Waals surface area contributed by atoms with Crippen molar-refractivity contribution in [3.63, 3.8) is 0 Å². The van der Waals surface area contributed by atoms with Crippen LogP contribution in [0.25, 0.3) is 0 Å². The first-order valence-corrected chi connectivity index (χ1v) is 7.26. The molecule has 0 radical (unpaired) electrons. The predicted molar refractivity (Wildman–Crippen MR) is 82.6 cm³/mol. The summed E-state index contributed by atoms with van der Waals surface area (Å²) in [4.78, 5) is 12.6. The maximum atomic E-state index is 12.1. The summed E-state index contributed by atoms with van der Waals surface area (Å²) < 4.78 is 3.73. The summed E-state index contributed by atoms with van der Waals surface area (Å²) in [5.41, 5.74) is 1.76. The number of benzene rings is 1. The van der Waals surface area contributed by atoms with E-state index in [1.54, 1.807) is 25.1 Å². The summed E-state index contributed by atoms with van der Waals surface area (Å²) in [5, 5.41) is 15.6. The zero-order chi connectivity index (χ0) is 15.2. The van der Waals surface area contributed by atoms with E-state index < -0.39 is 0 Å². The van der Waals surface area contributed by atoms with E-state index in [1.807, 2.05) is 0 Å². The number of hydrogen-bond donors (Lipinski definition) is 2. The minimum atomic E-state index is -0.301. The maximum Gasteiger partial charge on any atom is 0.269 e. The third-order valence-electron chi connectivity index (χ3n) is 2.54. The van der Waals surface area contributed by atoms with E-state index >= 15 is 0 Å². The maximum absolute atomic E-state index is 12.1. The number of aliphatic hydroxyl groups is 1. The van der Waals surface area contributed by atoms with Crippen LogP contribution in [0.3, 0.4) is 0 Å². The van der Waals surface area contributed by atoms with Gasteiger partial charge in [-0.25, -0.2) is 0 Å². The van der Waals surface area contributed by atoms with E-state index in [-0.39, 0.29) is 12.5 Å². The Balaban J connectivity index is 2.20. The van der Waals surface area contributed by atoms with Gasteiger partial charge in [0.1, 0.15) is 4.88 Å². The normalized spacial score (nSPS) is 9.86. The van der Waals surface area contributed by atoms with Gasteiger partial charge in [0.15, 0.2) is 0 Å². The number of carbonyl (C=O) groups is 1. The first-order chi connectivity index (χ1) is 10.1. The lowest BCUT2D eigenvalue weighted by Crippen LogP contribution is -2.12. The van der Waals surface area contributed by atoms with Gasteiger partial charge >= 0.3 is 0 Å². The molecule has 0 aliphatic heterocycles. The van der Waals surface area contributed by atoms with Crippen molar-refractivity contribution in [3.05, 3.63) is 39.4 Å². The van der Waals surface area contributed by atoms with Crippen LogP contribution in [0, 0.1) is 18.8 Å². The lowest BCUT2D eigenvalue weighted by atomic mass is 10.2. The van der Waals surface area contributed by atoms with E-state index in [9.17, 15) is 4.79 Å². The molecule has 108 valence electrons. The Morgan fingerprint density at radius 1 is 1.52 bits per heavy atom. The lowest BCUT2D eigenvalue weighted by molar-refractivity contribution is 0.103. The molecular weight excluding hydrogens is 310 g/mol. The van der Waals surface area contributed by atoms with E-state index in [0.717, 1.165) is 11.5 Å². The Labute approximate surface area is 131 Å². The number of aliphatic hydroxyl groups excluding tert-OH is 1. The molecule has 2 aromatic rings. The molecule has 0 atom stereocenters. The van der Waals surface area contributed by atoms with Crippen LogP contribution in [0.1, 0.15) is 27.3 Å². The van der Waals surface area contributed by atoms with Gasteiger partial charge in [-0.1, -0.05) is 27.9 Å². The summed E-state index contributed by atoms with van der Waals surface area (Å²) in [6.07, 6.45) is 0.399. The Morgan fingerprint density at radius 2 is 2.33 bits per heavy atom. The zero-order valence-electron chi connectivity index (χ0n) is 11.2. The second-order valence-corrected chi connectivity index (χ2v) is 5.27. The van der Waals surface area contributed by atoms with Crippen molar-refractivity contribution in [2.45, 2.75) is 13.3 Å². The molecular formula is C14H12ClN3O2S. The number of nitrogens with zero attached hydrogens (tertiary/aromatic N) is 2. The summed E-state index contributed by atoms with van der Waals surface area (Å²) >= 11 is 7.10. The molecule has 0 bridgehead atoms. The van der Waals surface area contributed by atoms with Crippen molar-refractivity contribution < 1.29 is 9.90 Å². The van der Waals surface area contributed by atoms with Crippen LogP contribution in [0.2, 0.25) is 5.02 Å². The molecule has 5 nitrogen and oxygen atoms in total. The monoisotopic (exact) mass is 321 g/mol. The molecule has 2 rings (SSSR count). The van der Waals surface area contributed by atoms with Crippen LogP contribution >= 0.6 is 23.1 Å². The standard InChI is InChI=1S/C14H12ClN3O2S/c1-9-13(21-18-17-9)14(20)16-12-8-10(4-2-3-7-19)5-6-11(12)15/h5-6,8,19H,3,7H2,1H3,(H,16,20). The van der Waals surface area contributed by atoms with Crippen molar-refractivity contribution in [2.75, 3.05) is 11.9 Å². The molecule has 0 spiro atoms. The molecule has 0 saturated heterocycles. The molecule has 1 heterocycles. The van der Waals surface area contributed by atoms with Crippen molar-refractivity contribution in [1.29, 1.82) is 0 Å². The van der Waals surface area contributed by atoms with E-state index in [0.29, 0.717) is 33.3 Å². The Bertz CT molecular complexity index is 718. The van der Waals surface area contributed by atoms with Gasteiger partial charge in [0.25, 0.3) is 5.91 Å². The molecule has 2 N–H and O–H groups in total. The number of aromatic nitrogens is 2. The Morgan fingerprint density at radius 3 is 3.00 bits per heavy atom. The Kier molecular flexibility index (Phi) is 5.28. The molecule has 1 amide bonds. The minimum absolute atomic E-state index is 0.0157. The predicted octanol–water partition coefficient (Wildman–Crippen LogP) is 2.49. The molecule has 0 aliphatic carbocycles. The van der Waals surface area contributed by atoms with Gasteiger partial charge in [-0.15, -0.1) is 5.10 Å². The molecule has 7 heteroatoms. The van der Waals surface area contributed by atoms with E-state index in [4.69, 9.17) is 16.7 Å². The van der Waals surface area contributed by atoms with Crippen LogP contribution in [-0.2, 0) is 0 Å². The fourth-order valence-electron chi connectivity index (χ4n) is 1.54. The average molecular weight is 322 g/mol. The fraction of sp³-hybridized carbons (Fsp3) is 0.214. The fourth-order valence-corrected chi connectivity index (χ4v) is 2.25. The van der Waals surface area contributed by atoms with Crippen molar-refractivity contribution in [2.24, 2.45) is 0 Å². The van der Waals surface area contributed by atoms with Gasteiger partial charge in [0, 0.05) is 12.0 Å². The Hall–Kier alpha value is -1.94. The third kappa shape index (κ3) is 4.02. The van der Waals surface area contributed by atoms with Gasteiger partial charge in [-0.3, -0.25) is 4.79 Å². The molecule has 0 unspecified atom stereocenters. The number of rotatable bonds is 3. The number of amides is 1. The third-order valence-corrected chi connectivity index (χ3v) is 3.70. The number of hydrogen-bond acceptors (Lipinski definition) is 5. The smallest absolute Gasteiger partial charge is 0.269 e. The van der Waals surface area contributed by atoms with Gasteiger partial charge in [0.05, 0.1) is 23.0 Å². The highest BCUT2D eigenvalue weighted by Crippen LogP contribution is 2.24. The molecule has 0 saturated carbocycles. The highest BCUT2D eigenvalue weighted by molar-refractivity contribution is 7.08. The number of halogens is 1. The van der Waals surface area contributed by atoms with Crippen molar-refractivity contribution >= 4 is 34.7 Å². The second kappa shape index (κ2) is 7.18. The molecule has 1 aromatic carbocycles.